The third kappa shape index (κ3) is 2.93. The normalized spacial score (nSPS) is 13.8. The average Bonchev–Trinajstić information content (AvgIpc) is 3.14. The van der Waals surface area contributed by atoms with Gasteiger partial charge in [0.05, 0.1) is 23.9 Å². The van der Waals surface area contributed by atoms with Gasteiger partial charge in [0.15, 0.2) is 5.82 Å². The fraction of sp³-hybridized carbons (Fsp3) is 0.182. The first-order valence-corrected chi connectivity index (χ1v) is 9.98. The number of nitrogens with zero attached hydrogens (tertiary/aromatic N) is 6. The Morgan fingerprint density at radius 1 is 1.13 bits per heavy atom. The summed E-state index contributed by atoms with van der Waals surface area (Å²) in [6.45, 7) is 0. The van der Waals surface area contributed by atoms with Gasteiger partial charge in [-0.1, -0.05) is 18.2 Å². The molecule has 1 saturated carbocycles. The highest BCUT2D eigenvalue weighted by Gasteiger charge is 2.25. The van der Waals surface area contributed by atoms with Crippen molar-refractivity contribution in [3.63, 3.8) is 0 Å². The number of fused-ring (bicyclic) bond motifs is 1. The van der Waals surface area contributed by atoms with Crippen LogP contribution >= 0.6 is 0 Å². The molecule has 8 nitrogen and oxygen atoms in total. The molecule has 5 aromatic rings. The summed E-state index contributed by atoms with van der Waals surface area (Å²) in [5.41, 5.74) is 6.02. The minimum atomic E-state index is 0.621. The average molecular weight is 396 g/mol. The maximum Gasteiger partial charge on any atom is 0.214 e. The molecule has 0 radical (unpaired) electrons. The molecule has 4 heterocycles. The van der Waals surface area contributed by atoms with Crippen molar-refractivity contribution >= 4 is 17.4 Å². The molecular formula is C22H20N8. The number of nitrogens with one attached hydrogen (secondary N) is 2. The number of hydrogen-bond acceptors (Lipinski definition) is 5. The molecule has 0 saturated heterocycles. The molecule has 0 atom stereocenters. The van der Waals surface area contributed by atoms with Crippen molar-refractivity contribution in [3.8, 4) is 22.5 Å². The van der Waals surface area contributed by atoms with Gasteiger partial charge in [-0.25, -0.2) is 15.0 Å². The Balaban J connectivity index is 1.41. The molecule has 6 rings (SSSR count). The quantitative estimate of drug-likeness (QED) is 0.466. The highest BCUT2D eigenvalue weighted by atomic mass is 15.3. The Morgan fingerprint density at radius 3 is 2.87 bits per heavy atom. The van der Waals surface area contributed by atoms with E-state index in [1.165, 1.54) is 18.5 Å². The molecule has 0 unspecified atom stereocenters. The molecule has 1 fully saturated rings. The van der Waals surface area contributed by atoms with Crippen molar-refractivity contribution in [1.29, 1.82) is 0 Å². The summed E-state index contributed by atoms with van der Waals surface area (Å²) in [6.07, 6.45) is 9.81. The van der Waals surface area contributed by atoms with Gasteiger partial charge in [-0.15, -0.1) is 0 Å². The summed E-state index contributed by atoms with van der Waals surface area (Å²) < 4.78 is 3.94. The monoisotopic (exact) mass is 396 g/mol. The van der Waals surface area contributed by atoms with Crippen molar-refractivity contribution in [1.82, 2.24) is 34.1 Å². The molecule has 0 aliphatic heterocycles. The van der Waals surface area contributed by atoms with Crippen molar-refractivity contribution in [2.45, 2.75) is 18.8 Å². The first-order valence-electron chi connectivity index (χ1n) is 9.98. The molecule has 1 aromatic carbocycles. The first-order chi connectivity index (χ1) is 14.7. The summed E-state index contributed by atoms with van der Waals surface area (Å²) in [6, 6.07) is 12.4. The van der Waals surface area contributed by atoms with E-state index in [0.29, 0.717) is 11.9 Å². The van der Waals surface area contributed by atoms with E-state index >= 15 is 0 Å². The lowest BCUT2D eigenvalue weighted by molar-refractivity contribution is 0.921. The summed E-state index contributed by atoms with van der Waals surface area (Å²) in [7, 11) is 1.99. The number of hydrogen-bond donors (Lipinski definition) is 2. The van der Waals surface area contributed by atoms with E-state index in [9.17, 15) is 0 Å². The van der Waals surface area contributed by atoms with E-state index in [1.807, 2.05) is 40.5 Å². The fourth-order valence-electron chi connectivity index (χ4n) is 3.75. The van der Waals surface area contributed by atoms with Crippen molar-refractivity contribution in [2.24, 2.45) is 7.05 Å². The van der Waals surface area contributed by atoms with E-state index < -0.39 is 0 Å². The molecule has 8 heteroatoms. The molecule has 30 heavy (non-hydrogen) atoms. The van der Waals surface area contributed by atoms with Crippen molar-refractivity contribution < 1.29 is 0 Å². The van der Waals surface area contributed by atoms with Gasteiger partial charge < -0.3 is 9.88 Å². The summed E-state index contributed by atoms with van der Waals surface area (Å²) in [5.74, 6) is 2.07. The van der Waals surface area contributed by atoms with Crippen LogP contribution in [0.25, 0.3) is 28.2 Å². The molecule has 0 spiro atoms. The van der Waals surface area contributed by atoms with E-state index in [1.54, 1.807) is 12.5 Å². The highest BCUT2D eigenvalue weighted by Crippen LogP contribution is 2.39. The third-order valence-corrected chi connectivity index (χ3v) is 5.52. The van der Waals surface area contributed by atoms with Crippen molar-refractivity contribution in [2.75, 3.05) is 5.32 Å². The predicted molar refractivity (Wildman–Crippen MR) is 114 cm³/mol. The van der Waals surface area contributed by atoms with Crippen LogP contribution in [0.1, 0.15) is 24.5 Å². The van der Waals surface area contributed by atoms with Crippen LogP contribution in [-0.4, -0.2) is 34.1 Å². The molecule has 4 aromatic heterocycles. The van der Waals surface area contributed by atoms with Crippen LogP contribution in [-0.2, 0) is 7.05 Å². The second kappa shape index (κ2) is 6.55. The largest absolute Gasteiger partial charge is 0.334 e. The van der Waals surface area contributed by atoms with Gasteiger partial charge in [-0.05, 0) is 18.9 Å². The van der Waals surface area contributed by atoms with Crippen LogP contribution in [0.3, 0.4) is 0 Å². The molecule has 0 amide bonds. The Hall–Kier alpha value is -3.94. The topological polar surface area (TPSA) is 88.7 Å². The number of aryl methyl sites for hydroxylation is 1. The number of H-pyrrole nitrogens is 1. The van der Waals surface area contributed by atoms with Crippen LogP contribution in [0.2, 0.25) is 0 Å². The molecule has 1 aliphatic rings. The Bertz CT molecular complexity index is 1350. The van der Waals surface area contributed by atoms with Gasteiger partial charge in [0.2, 0.25) is 5.95 Å². The summed E-state index contributed by atoms with van der Waals surface area (Å²) >= 11 is 0. The second-order valence-electron chi connectivity index (χ2n) is 7.70. The standard InChI is InChI=1S/C22H20N8/c1-29-13-23-12-19(29)16-4-2-3-15(9-16)17-11-21-24-7-8-30(21)22(25-17)26-20-10-18(27-28-20)14-5-6-14/h2-4,7-14H,5-6H2,1H3,(H2,25,26,27,28). The third-order valence-electron chi connectivity index (χ3n) is 5.52. The second-order valence-corrected chi connectivity index (χ2v) is 7.70. The number of aromatic nitrogens is 7. The van der Waals surface area contributed by atoms with Crippen LogP contribution in [0, 0.1) is 0 Å². The number of anilines is 2. The predicted octanol–water partition coefficient (Wildman–Crippen LogP) is 4.14. The lowest BCUT2D eigenvalue weighted by Crippen LogP contribution is -2.03. The SMILES string of the molecule is Cn1cncc1-c1cccc(-c2cc3nccn3c(Nc3cc(C4CC4)[nH]n3)n2)c1. The molecule has 1 aliphatic carbocycles. The summed E-state index contributed by atoms with van der Waals surface area (Å²) in [5, 5.41) is 10.9. The minimum absolute atomic E-state index is 0.621. The maximum atomic E-state index is 4.89. The number of rotatable bonds is 5. The summed E-state index contributed by atoms with van der Waals surface area (Å²) in [4.78, 5) is 13.6. The minimum Gasteiger partial charge on any atom is -0.334 e. The Labute approximate surface area is 172 Å². The van der Waals surface area contributed by atoms with Gasteiger partial charge in [0, 0.05) is 54.3 Å². The maximum absolute atomic E-state index is 4.89. The molecule has 2 N–H and O–H groups in total. The van der Waals surface area contributed by atoms with Crippen LogP contribution < -0.4 is 5.32 Å². The zero-order chi connectivity index (χ0) is 20.1. The van der Waals surface area contributed by atoms with Crippen LogP contribution in [0.5, 0.6) is 0 Å². The zero-order valence-electron chi connectivity index (χ0n) is 16.4. The van der Waals surface area contributed by atoms with Gasteiger partial charge >= 0.3 is 0 Å². The molecular weight excluding hydrogens is 376 g/mol. The fourth-order valence-corrected chi connectivity index (χ4v) is 3.75. The molecule has 148 valence electrons. The van der Waals surface area contributed by atoms with E-state index in [4.69, 9.17) is 4.98 Å². The Morgan fingerprint density at radius 2 is 2.03 bits per heavy atom. The smallest absolute Gasteiger partial charge is 0.214 e. The Kier molecular flexibility index (Phi) is 3.70. The van der Waals surface area contributed by atoms with E-state index in [2.05, 4.69) is 49.7 Å². The first kappa shape index (κ1) is 17.0. The molecule has 0 bridgehead atoms. The van der Waals surface area contributed by atoms with Crippen LogP contribution in [0.15, 0.2) is 61.3 Å². The van der Waals surface area contributed by atoms with Crippen molar-refractivity contribution in [3.05, 3.63) is 67.0 Å². The van der Waals surface area contributed by atoms with Gasteiger partial charge in [-0.2, -0.15) is 5.10 Å². The highest BCUT2D eigenvalue weighted by molar-refractivity contribution is 5.72. The zero-order valence-corrected chi connectivity index (χ0v) is 16.4. The number of benzene rings is 1. The lowest BCUT2D eigenvalue weighted by atomic mass is 10.1. The number of imidazole rings is 2. The number of aromatic amines is 1. The van der Waals surface area contributed by atoms with Crippen LogP contribution in [0.4, 0.5) is 11.8 Å². The lowest BCUT2D eigenvalue weighted by Gasteiger charge is -2.10. The van der Waals surface area contributed by atoms with Gasteiger partial charge in [-0.3, -0.25) is 9.50 Å². The van der Waals surface area contributed by atoms with E-state index in [0.717, 1.165) is 34.0 Å². The van der Waals surface area contributed by atoms with E-state index in [-0.39, 0.29) is 0 Å². The van der Waals surface area contributed by atoms with Gasteiger partial charge in [0.25, 0.3) is 0 Å². The van der Waals surface area contributed by atoms with Gasteiger partial charge in [0.1, 0.15) is 5.65 Å².